The van der Waals surface area contributed by atoms with Gasteiger partial charge in [0.2, 0.25) is 0 Å². The molecule has 0 atom stereocenters. The molecule has 0 radical (unpaired) electrons. The van der Waals surface area contributed by atoms with Crippen LogP contribution >= 0.6 is 0 Å². The molecule has 3 amide bonds. The number of sulfone groups is 1. The number of nitrogens with one attached hydrogen (secondary N) is 1. The van der Waals surface area contributed by atoms with E-state index in [1.807, 2.05) is 6.92 Å². The molecule has 7 heteroatoms. The SMILES string of the molecule is CCCS(=O)(=O)CCN1C(=O)NC(=O)C12CCCCCC2. The number of rotatable bonds is 5. The molecule has 6 nitrogen and oxygen atoms in total. The van der Waals surface area contributed by atoms with Crippen LogP contribution in [0, 0.1) is 0 Å². The number of hydrogen-bond donors (Lipinski definition) is 1. The summed E-state index contributed by atoms with van der Waals surface area (Å²) in [7, 11) is -3.16. The highest BCUT2D eigenvalue weighted by atomic mass is 32.2. The first-order valence-electron chi connectivity index (χ1n) is 7.75. The van der Waals surface area contributed by atoms with Crippen LogP contribution in [-0.2, 0) is 14.6 Å². The third kappa shape index (κ3) is 3.39. The zero-order valence-corrected chi connectivity index (χ0v) is 13.4. The molecule has 1 saturated heterocycles. The topological polar surface area (TPSA) is 83.6 Å². The first kappa shape index (κ1) is 16.3. The van der Waals surface area contributed by atoms with E-state index in [0.29, 0.717) is 19.3 Å². The lowest BCUT2D eigenvalue weighted by atomic mass is 9.89. The van der Waals surface area contributed by atoms with Crippen molar-refractivity contribution in [3.8, 4) is 0 Å². The molecule has 0 aromatic rings. The summed E-state index contributed by atoms with van der Waals surface area (Å²) in [5.41, 5.74) is -0.810. The van der Waals surface area contributed by atoms with E-state index >= 15 is 0 Å². The Kier molecular flexibility index (Phi) is 4.91. The van der Waals surface area contributed by atoms with Crippen LogP contribution in [0.1, 0.15) is 51.9 Å². The van der Waals surface area contributed by atoms with Gasteiger partial charge in [0.05, 0.1) is 5.75 Å². The minimum atomic E-state index is -3.16. The highest BCUT2D eigenvalue weighted by molar-refractivity contribution is 7.91. The smallest absolute Gasteiger partial charge is 0.309 e. The minimum absolute atomic E-state index is 0.0662. The van der Waals surface area contributed by atoms with E-state index in [4.69, 9.17) is 0 Å². The van der Waals surface area contributed by atoms with E-state index in [2.05, 4.69) is 5.32 Å². The van der Waals surface area contributed by atoms with Gasteiger partial charge in [0.1, 0.15) is 5.54 Å². The number of imide groups is 1. The summed E-state index contributed by atoms with van der Waals surface area (Å²) < 4.78 is 23.7. The molecule has 1 N–H and O–H groups in total. The lowest BCUT2D eigenvalue weighted by Gasteiger charge is -2.34. The molecule has 0 aromatic carbocycles. The highest BCUT2D eigenvalue weighted by Crippen LogP contribution is 2.36. The molecule has 0 unspecified atom stereocenters. The second-order valence-corrected chi connectivity index (χ2v) is 8.31. The molecule has 1 saturated carbocycles. The van der Waals surface area contributed by atoms with Crippen LogP contribution in [0.15, 0.2) is 0 Å². The van der Waals surface area contributed by atoms with Gasteiger partial charge < -0.3 is 4.90 Å². The summed E-state index contributed by atoms with van der Waals surface area (Å²) in [5.74, 6) is -0.186. The van der Waals surface area contributed by atoms with Gasteiger partial charge in [0.15, 0.2) is 9.84 Å². The summed E-state index contributed by atoms with van der Waals surface area (Å²) in [6.45, 7) is 1.93. The molecule has 2 fully saturated rings. The van der Waals surface area contributed by atoms with Gasteiger partial charge in [-0.15, -0.1) is 0 Å². The van der Waals surface area contributed by atoms with Gasteiger partial charge in [-0.05, 0) is 19.3 Å². The number of carbonyl (C=O) groups excluding carboxylic acids is 2. The standard InChI is InChI=1S/C14H24N2O4S/c1-2-10-21(19,20)11-9-16-13(18)15-12(17)14(16)7-5-3-4-6-8-14/h2-11H2,1H3,(H,15,17,18). The maximum absolute atomic E-state index is 12.3. The molecule has 1 spiro atoms. The van der Waals surface area contributed by atoms with Crippen LogP contribution in [-0.4, -0.2) is 48.8 Å². The van der Waals surface area contributed by atoms with Crippen molar-refractivity contribution in [3.05, 3.63) is 0 Å². The summed E-state index contributed by atoms with van der Waals surface area (Å²) in [5, 5.41) is 2.38. The summed E-state index contributed by atoms with van der Waals surface area (Å²) in [6, 6.07) is -0.436. The van der Waals surface area contributed by atoms with E-state index in [1.54, 1.807) is 0 Å². The van der Waals surface area contributed by atoms with Crippen molar-refractivity contribution in [3.63, 3.8) is 0 Å². The summed E-state index contributed by atoms with van der Waals surface area (Å²) in [4.78, 5) is 25.8. The molecule has 0 bridgehead atoms. The predicted octanol–water partition coefficient (Wildman–Crippen LogP) is 1.46. The average Bonchev–Trinajstić information content (AvgIpc) is 2.59. The Hall–Kier alpha value is -1.11. The number of carbonyl (C=O) groups is 2. The van der Waals surface area contributed by atoms with Gasteiger partial charge in [-0.25, -0.2) is 13.2 Å². The second-order valence-electron chi connectivity index (χ2n) is 6.01. The first-order chi connectivity index (χ1) is 9.91. The monoisotopic (exact) mass is 316 g/mol. The Labute approximate surface area is 126 Å². The molecule has 1 aliphatic carbocycles. The first-order valence-corrected chi connectivity index (χ1v) is 9.57. The average molecular weight is 316 g/mol. The van der Waals surface area contributed by atoms with Gasteiger partial charge in [0.25, 0.3) is 5.91 Å². The maximum atomic E-state index is 12.3. The van der Waals surface area contributed by atoms with Gasteiger partial charge in [-0.3, -0.25) is 10.1 Å². The van der Waals surface area contributed by atoms with Crippen molar-refractivity contribution in [1.82, 2.24) is 10.2 Å². The van der Waals surface area contributed by atoms with E-state index in [0.717, 1.165) is 25.7 Å². The van der Waals surface area contributed by atoms with E-state index in [9.17, 15) is 18.0 Å². The molecule has 1 aliphatic heterocycles. The van der Waals surface area contributed by atoms with Crippen LogP contribution in [0.2, 0.25) is 0 Å². The van der Waals surface area contributed by atoms with Gasteiger partial charge in [-0.2, -0.15) is 0 Å². The van der Waals surface area contributed by atoms with Crippen LogP contribution in [0.5, 0.6) is 0 Å². The molecule has 0 aromatic heterocycles. The van der Waals surface area contributed by atoms with Crippen molar-refractivity contribution < 1.29 is 18.0 Å². The quantitative estimate of drug-likeness (QED) is 0.778. The number of urea groups is 1. The van der Waals surface area contributed by atoms with E-state index < -0.39 is 21.4 Å². The lowest BCUT2D eigenvalue weighted by molar-refractivity contribution is -0.127. The number of amides is 3. The Morgan fingerprint density at radius 1 is 1.10 bits per heavy atom. The fraction of sp³-hybridized carbons (Fsp3) is 0.857. The molecule has 2 aliphatic rings. The van der Waals surface area contributed by atoms with Crippen molar-refractivity contribution in [2.24, 2.45) is 0 Å². The zero-order chi connectivity index (χ0) is 15.5. The third-order valence-corrected chi connectivity index (χ3v) is 6.31. The summed E-state index contributed by atoms with van der Waals surface area (Å²) in [6.07, 6.45) is 5.77. The third-order valence-electron chi connectivity index (χ3n) is 4.48. The Bertz CT molecular complexity index is 507. The molecule has 2 rings (SSSR count). The molecule has 1 heterocycles. The maximum Gasteiger partial charge on any atom is 0.325 e. The van der Waals surface area contributed by atoms with Gasteiger partial charge in [0, 0.05) is 12.3 Å². The van der Waals surface area contributed by atoms with E-state index in [-0.39, 0.29) is 24.0 Å². The fourth-order valence-electron chi connectivity index (χ4n) is 3.37. The normalized spacial score (nSPS) is 22.4. The number of nitrogens with zero attached hydrogens (tertiary/aromatic N) is 1. The van der Waals surface area contributed by atoms with Crippen molar-refractivity contribution >= 4 is 21.8 Å². The van der Waals surface area contributed by atoms with Crippen molar-refractivity contribution in [1.29, 1.82) is 0 Å². The lowest BCUT2D eigenvalue weighted by Crippen LogP contribution is -2.50. The van der Waals surface area contributed by atoms with Crippen molar-refractivity contribution in [2.75, 3.05) is 18.1 Å². The van der Waals surface area contributed by atoms with Crippen LogP contribution < -0.4 is 5.32 Å². The van der Waals surface area contributed by atoms with Crippen LogP contribution in [0.3, 0.4) is 0 Å². The highest BCUT2D eigenvalue weighted by Gasteiger charge is 2.52. The Morgan fingerprint density at radius 3 is 2.29 bits per heavy atom. The fourth-order valence-corrected chi connectivity index (χ4v) is 4.65. The second kappa shape index (κ2) is 6.34. The Balaban J connectivity index is 2.15. The summed E-state index contributed by atoms with van der Waals surface area (Å²) >= 11 is 0. The largest absolute Gasteiger partial charge is 0.325 e. The van der Waals surface area contributed by atoms with Gasteiger partial charge >= 0.3 is 6.03 Å². The molecular formula is C14H24N2O4S. The van der Waals surface area contributed by atoms with Crippen molar-refractivity contribution in [2.45, 2.75) is 57.4 Å². The minimum Gasteiger partial charge on any atom is -0.309 e. The Morgan fingerprint density at radius 2 is 1.71 bits per heavy atom. The molecule has 120 valence electrons. The van der Waals surface area contributed by atoms with E-state index in [1.165, 1.54) is 4.90 Å². The molecular weight excluding hydrogens is 292 g/mol. The van der Waals surface area contributed by atoms with Gasteiger partial charge in [-0.1, -0.05) is 32.6 Å². The van der Waals surface area contributed by atoms with Crippen LogP contribution in [0.25, 0.3) is 0 Å². The number of hydrogen-bond acceptors (Lipinski definition) is 4. The zero-order valence-electron chi connectivity index (χ0n) is 12.6. The predicted molar refractivity (Wildman–Crippen MR) is 79.6 cm³/mol. The van der Waals surface area contributed by atoms with Crippen LogP contribution in [0.4, 0.5) is 4.79 Å². The molecule has 21 heavy (non-hydrogen) atoms.